The van der Waals surface area contributed by atoms with E-state index in [1.165, 1.54) is 6.33 Å². The van der Waals surface area contributed by atoms with Crippen LogP contribution in [-0.4, -0.2) is 61.1 Å². The standard InChI is InChI=1S/C24H25N7O4/c1-4-14-9-7-10-15(30-14)8-5-6-11-26-22(32)18-17-19(35-24(2,3)34-17)23(33-18)31-13-29-16-20(25)27-12-28-21(16)31/h4,7,9-10,12-13,17-19,23H,1,6,11H2,2-3H3,(H,26,32)(H2,25,27,28)/t17-,18+,19-,23-/m1/s1. The molecule has 3 aromatic heterocycles. The van der Waals surface area contributed by atoms with E-state index in [4.69, 9.17) is 19.9 Å². The maximum atomic E-state index is 13.0. The number of hydrogen-bond acceptors (Lipinski definition) is 9. The van der Waals surface area contributed by atoms with Crippen LogP contribution in [0.15, 0.2) is 37.4 Å². The van der Waals surface area contributed by atoms with E-state index < -0.39 is 30.3 Å². The molecular weight excluding hydrogens is 450 g/mol. The van der Waals surface area contributed by atoms with Gasteiger partial charge in [0.1, 0.15) is 29.7 Å². The first-order valence-corrected chi connectivity index (χ1v) is 11.2. The fraction of sp³-hybridized carbons (Fsp3) is 0.375. The van der Waals surface area contributed by atoms with Gasteiger partial charge < -0.3 is 25.3 Å². The van der Waals surface area contributed by atoms with Gasteiger partial charge in [0.05, 0.1) is 12.0 Å². The maximum absolute atomic E-state index is 13.0. The fourth-order valence-electron chi connectivity index (χ4n) is 4.20. The first-order chi connectivity index (χ1) is 16.9. The van der Waals surface area contributed by atoms with E-state index in [0.717, 1.165) is 5.69 Å². The predicted octanol–water partition coefficient (Wildman–Crippen LogP) is 1.42. The number of nitrogen functional groups attached to an aromatic ring is 1. The lowest BCUT2D eigenvalue weighted by Crippen LogP contribution is -2.43. The molecule has 3 N–H and O–H groups in total. The van der Waals surface area contributed by atoms with Gasteiger partial charge in [-0.15, -0.1) is 0 Å². The lowest BCUT2D eigenvalue weighted by atomic mass is 10.1. The number of carbonyl (C=O) groups is 1. The third-order valence-corrected chi connectivity index (χ3v) is 5.69. The molecule has 0 aromatic carbocycles. The third kappa shape index (κ3) is 4.46. The summed E-state index contributed by atoms with van der Waals surface area (Å²) in [6.07, 6.45) is 2.30. The Bertz CT molecular complexity index is 1340. The molecule has 2 saturated heterocycles. The average molecular weight is 476 g/mol. The zero-order valence-corrected chi connectivity index (χ0v) is 19.3. The van der Waals surface area contributed by atoms with E-state index in [9.17, 15) is 4.79 Å². The highest BCUT2D eigenvalue weighted by molar-refractivity contribution is 5.83. The van der Waals surface area contributed by atoms with Crippen molar-refractivity contribution in [3.8, 4) is 11.8 Å². The highest BCUT2D eigenvalue weighted by Gasteiger charge is 2.58. The molecule has 0 aliphatic carbocycles. The molecule has 3 aromatic rings. The van der Waals surface area contributed by atoms with Gasteiger partial charge in [0.2, 0.25) is 0 Å². The zero-order valence-electron chi connectivity index (χ0n) is 19.3. The Morgan fingerprint density at radius 3 is 2.94 bits per heavy atom. The van der Waals surface area contributed by atoms with Gasteiger partial charge in [0.15, 0.2) is 29.6 Å². The van der Waals surface area contributed by atoms with E-state index in [1.807, 2.05) is 18.2 Å². The summed E-state index contributed by atoms with van der Waals surface area (Å²) in [6, 6.07) is 5.54. The van der Waals surface area contributed by atoms with Crippen molar-refractivity contribution < 1.29 is 19.0 Å². The minimum absolute atomic E-state index is 0.258. The summed E-state index contributed by atoms with van der Waals surface area (Å²) in [4.78, 5) is 29.9. The minimum atomic E-state index is -0.887. The van der Waals surface area contributed by atoms with Gasteiger partial charge in [-0.25, -0.2) is 19.9 Å². The van der Waals surface area contributed by atoms with Crippen LogP contribution in [-0.2, 0) is 19.0 Å². The molecule has 11 nitrogen and oxygen atoms in total. The van der Waals surface area contributed by atoms with Gasteiger partial charge >= 0.3 is 0 Å². The Labute approximate surface area is 201 Å². The van der Waals surface area contributed by atoms with Crippen LogP contribution in [0, 0.1) is 11.8 Å². The predicted molar refractivity (Wildman–Crippen MR) is 126 cm³/mol. The normalized spacial score (nSPS) is 24.5. The van der Waals surface area contributed by atoms with Gasteiger partial charge in [-0.1, -0.05) is 18.6 Å². The van der Waals surface area contributed by atoms with Crippen molar-refractivity contribution >= 4 is 29.0 Å². The second-order valence-corrected chi connectivity index (χ2v) is 8.59. The maximum Gasteiger partial charge on any atom is 0.252 e. The largest absolute Gasteiger partial charge is 0.382 e. The Morgan fingerprint density at radius 2 is 2.11 bits per heavy atom. The molecular formula is C24H25N7O4. The average Bonchev–Trinajstić information content (AvgIpc) is 3.50. The smallest absolute Gasteiger partial charge is 0.252 e. The number of anilines is 1. The molecule has 2 aliphatic heterocycles. The van der Waals surface area contributed by atoms with E-state index in [0.29, 0.717) is 29.8 Å². The quantitative estimate of drug-likeness (QED) is 0.414. The van der Waals surface area contributed by atoms with E-state index in [-0.39, 0.29) is 11.7 Å². The highest BCUT2D eigenvalue weighted by atomic mass is 16.8. The first kappa shape index (κ1) is 22.9. The monoisotopic (exact) mass is 475 g/mol. The van der Waals surface area contributed by atoms with Crippen molar-refractivity contribution in [3.63, 3.8) is 0 Å². The topological polar surface area (TPSA) is 139 Å². The Kier molecular flexibility index (Phi) is 5.94. The number of amides is 1. The molecule has 11 heteroatoms. The van der Waals surface area contributed by atoms with Crippen molar-refractivity contribution in [2.45, 2.75) is 50.6 Å². The second kappa shape index (κ2) is 9.07. The summed E-state index contributed by atoms with van der Waals surface area (Å²) in [7, 11) is 0. The Hall–Kier alpha value is -3.85. The van der Waals surface area contributed by atoms with Crippen LogP contribution in [0.4, 0.5) is 5.82 Å². The summed E-state index contributed by atoms with van der Waals surface area (Å²) in [5.41, 5.74) is 8.26. The number of hydrogen-bond donors (Lipinski definition) is 2. The van der Waals surface area contributed by atoms with Crippen molar-refractivity contribution in [2.75, 3.05) is 12.3 Å². The molecule has 0 radical (unpaired) electrons. The number of ether oxygens (including phenoxy) is 3. The lowest BCUT2D eigenvalue weighted by molar-refractivity contribution is -0.197. The van der Waals surface area contributed by atoms with Crippen LogP contribution in [0.25, 0.3) is 17.2 Å². The van der Waals surface area contributed by atoms with Crippen LogP contribution >= 0.6 is 0 Å². The van der Waals surface area contributed by atoms with Crippen LogP contribution in [0.3, 0.4) is 0 Å². The van der Waals surface area contributed by atoms with Gasteiger partial charge in [-0.3, -0.25) is 9.36 Å². The van der Waals surface area contributed by atoms with Crippen LogP contribution in [0.1, 0.15) is 37.9 Å². The summed E-state index contributed by atoms with van der Waals surface area (Å²) >= 11 is 0. The van der Waals surface area contributed by atoms with E-state index in [1.54, 1.807) is 30.8 Å². The fourth-order valence-corrected chi connectivity index (χ4v) is 4.20. The zero-order chi connectivity index (χ0) is 24.6. The molecule has 2 fully saturated rings. The second-order valence-electron chi connectivity index (χ2n) is 8.59. The number of aromatic nitrogens is 5. The molecule has 5 heterocycles. The molecule has 0 spiro atoms. The van der Waals surface area contributed by atoms with Gasteiger partial charge in [0.25, 0.3) is 5.91 Å². The Morgan fingerprint density at radius 1 is 1.29 bits per heavy atom. The van der Waals surface area contributed by atoms with Crippen molar-refractivity contribution in [1.82, 2.24) is 29.8 Å². The summed E-state index contributed by atoms with van der Waals surface area (Å²) in [5, 5.41) is 2.88. The van der Waals surface area contributed by atoms with Gasteiger partial charge in [-0.2, -0.15) is 0 Å². The molecule has 180 valence electrons. The van der Waals surface area contributed by atoms with Gasteiger partial charge in [-0.05, 0) is 38.0 Å². The van der Waals surface area contributed by atoms with Crippen LogP contribution in [0.2, 0.25) is 0 Å². The molecule has 2 aliphatic rings. The number of imidazole rings is 1. The molecule has 0 bridgehead atoms. The summed E-state index contributed by atoms with van der Waals surface area (Å²) in [6.45, 7) is 7.65. The number of nitrogens with one attached hydrogen (secondary N) is 1. The Balaban J connectivity index is 1.28. The number of carbonyl (C=O) groups excluding carboxylic acids is 1. The van der Waals surface area contributed by atoms with Gasteiger partial charge in [0, 0.05) is 13.0 Å². The lowest BCUT2D eigenvalue weighted by Gasteiger charge is -2.24. The molecule has 0 unspecified atom stereocenters. The van der Waals surface area contributed by atoms with Crippen molar-refractivity contribution in [1.29, 1.82) is 0 Å². The molecule has 5 rings (SSSR count). The summed E-state index contributed by atoms with van der Waals surface area (Å²) < 4.78 is 20.0. The number of rotatable bonds is 5. The molecule has 4 atom stereocenters. The molecule has 1 amide bonds. The third-order valence-electron chi connectivity index (χ3n) is 5.69. The minimum Gasteiger partial charge on any atom is -0.382 e. The van der Waals surface area contributed by atoms with Crippen molar-refractivity contribution in [2.24, 2.45) is 0 Å². The van der Waals surface area contributed by atoms with Crippen molar-refractivity contribution in [3.05, 3.63) is 48.8 Å². The first-order valence-electron chi connectivity index (χ1n) is 11.2. The molecule has 35 heavy (non-hydrogen) atoms. The van der Waals surface area contributed by atoms with Crippen LogP contribution < -0.4 is 11.1 Å². The SMILES string of the molecule is C=Cc1cccc(C#CCCNC(=O)[C@H]2O[C@@H](n3cnc4c(N)ncnc43)[C@@H]3OC(C)(C)O[C@@H]32)n1. The molecule has 0 saturated carbocycles. The highest BCUT2D eigenvalue weighted by Crippen LogP contribution is 2.43. The summed E-state index contributed by atoms with van der Waals surface area (Å²) in [5.74, 6) is 5.08. The van der Waals surface area contributed by atoms with E-state index >= 15 is 0 Å². The number of fused-ring (bicyclic) bond motifs is 2. The van der Waals surface area contributed by atoms with Crippen LogP contribution in [0.5, 0.6) is 0 Å². The number of nitrogens with two attached hydrogens (primary N) is 1. The van der Waals surface area contributed by atoms with E-state index in [2.05, 4.69) is 43.7 Å². The number of pyridine rings is 1. The number of nitrogens with zero attached hydrogens (tertiary/aromatic N) is 5.